The van der Waals surface area contributed by atoms with Crippen molar-refractivity contribution < 1.29 is 23.3 Å². The molecule has 4 rings (SSSR count). The van der Waals surface area contributed by atoms with Gasteiger partial charge in [-0.1, -0.05) is 75.9 Å². The number of aryl methyl sites for hydroxylation is 1. The number of allylic oxidation sites excluding steroid dienone is 4. The zero-order valence-electron chi connectivity index (χ0n) is 20.3. The third-order valence-electron chi connectivity index (χ3n) is 5.72. The molecule has 2 heteroatoms. The molecule has 0 aromatic heterocycles. The van der Waals surface area contributed by atoms with Gasteiger partial charge in [-0.15, -0.1) is 53.6 Å². The molecular weight excluding hydrogens is 468 g/mol. The first-order valence-corrected chi connectivity index (χ1v) is 14.5. The van der Waals surface area contributed by atoms with Crippen molar-refractivity contribution in [2.75, 3.05) is 0 Å². The van der Waals surface area contributed by atoms with Crippen LogP contribution in [0, 0.1) is 26.8 Å². The van der Waals surface area contributed by atoms with Crippen LogP contribution < -0.4 is 0 Å². The van der Waals surface area contributed by atoms with E-state index < -0.39 is 0 Å². The van der Waals surface area contributed by atoms with Gasteiger partial charge in [-0.05, 0) is 12.0 Å². The van der Waals surface area contributed by atoms with Crippen LogP contribution in [0.4, 0.5) is 0 Å². The fourth-order valence-corrected chi connectivity index (χ4v) is 3.70. The molecule has 0 heterocycles. The van der Waals surface area contributed by atoms with Crippen molar-refractivity contribution in [2.45, 2.75) is 47.5 Å². The minimum atomic E-state index is 0. The zero-order valence-corrected chi connectivity index (χ0v) is 23.7. The van der Waals surface area contributed by atoms with Gasteiger partial charge in [0.2, 0.25) is 0 Å². The van der Waals surface area contributed by atoms with E-state index in [1.54, 1.807) is 0 Å². The summed E-state index contributed by atoms with van der Waals surface area (Å²) in [6, 6.07) is 22.0. The molecule has 0 saturated carbocycles. The van der Waals surface area contributed by atoms with E-state index in [4.69, 9.17) is 0 Å². The molecule has 31 heavy (non-hydrogen) atoms. The summed E-state index contributed by atoms with van der Waals surface area (Å²) in [5.41, 5.74) is 8.33. The maximum absolute atomic E-state index is 3.36. The molecule has 2 radical (unpaired) electrons. The average Bonchev–Trinajstić information content (AvgIpc) is 3.28. The van der Waals surface area contributed by atoms with Crippen LogP contribution in [0.2, 0.25) is 0 Å². The molecule has 1 aliphatic carbocycles. The van der Waals surface area contributed by atoms with Gasteiger partial charge in [0.1, 0.15) is 0 Å². The summed E-state index contributed by atoms with van der Waals surface area (Å²) in [5, 5.41) is 2.67. The van der Waals surface area contributed by atoms with Gasteiger partial charge >= 0.3 is 30.2 Å². The van der Waals surface area contributed by atoms with Gasteiger partial charge in [-0.2, -0.15) is 11.1 Å². The molecule has 0 nitrogen and oxygen atoms in total. The van der Waals surface area contributed by atoms with Crippen LogP contribution in [-0.4, -0.2) is 6.88 Å². The Balaban J connectivity index is 0.000000595. The molecule has 0 spiro atoms. The first-order chi connectivity index (χ1) is 14.0. The van der Waals surface area contributed by atoms with Crippen LogP contribution in [0.1, 0.15) is 46.6 Å². The summed E-state index contributed by atoms with van der Waals surface area (Å²) in [6.45, 7) is 14.0. The molecule has 0 aliphatic heterocycles. The number of fused-ring (bicyclic) bond motifs is 1. The fraction of sp³-hybridized carbons (Fsp3) is 0.276. The fourth-order valence-electron chi connectivity index (χ4n) is 3.70. The van der Waals surface area contributed by atoms with E-state index in [-0.39, 0.29) is 14.9 Å². The molecule has 164 valence electrons. The second-order valence-corrected chi connectivity index (χ2v) is 7.58. The summed E-state index contributed by atoms with van der Waals surface area (Å²) in [7, 11) is 0. The quantitative estimate of drug-likeness (QED) is 0.248. The summed E-state index contributed by atoms with van der Waals surface area (Å²) < 4.78 is 0. The van der Waals surface area contributed by atoms with Gasteiger partial charge in [0.15, 0.2) is 0 Å². The monoisotopic (exact) mass is 502 g/mol. The molecule has 0 N–H and O–H groups in total. The van der Waals surface area contributed by atoms with Crippen molar-refractivity contribution in [1.29, 1.82) is 0 Å². The second kappa shape index (κ2) is 14.6. The van der Waals surface area contributed by atoms with Crippen molar-refractivity contribution in [1.82, 2.24) is 0 Å². The van der Waals surface area contributed by atoms with Gasteiger partial charge in [0, 0.05) is 0 Å². The van der Waals surface area contributed by atoms with Crippen LogP contribution in [0.5, 0.6) is 0 Å². The summed E-state index contributed by atoms with van der Waals surface area (Å²) in [4.78, 5) is 0. The molecule has 3 aromatic rings. The molecule has 0 fully saturated rings. The predicted octanol–water partition coefficient (Wildman–Crippen LogP) is 8.42. The van der Waals surface area contributed by atoms with Crippen molar-refractivity contribution in [2.24, 2.45) is 5.92 Å². The van der Waals surface area contributed by atoms with Crippen molar-refractivity contribution >= 4 is 17.7 Å². The Bertz CT molecular complexity index is 989. The zero-order chi connectivity index (χ0) is 21.4. The van der Waals surface area contributed by atoms with E-state index in [1.807, 2.05) is 0 Å². The SMILES string of the molecule is CC1=[C-]C(C)C(C)=C1C.CCCc1ccc(-c2c[cH-]c3ccccc23)cc1.[CH3-].[CH3-].[Si]=[Zr]. The molecule has 0 amide bonds. The Morgan fingerprint density at radius 1 is 0.968 bits per heavy atom. The molecular formula is C29H36SiZr-4. The van der Waals surface area contributed by atoms with Gasteiger partial charge in [-0.3, -0.25) is 6.08 Å². The predicted molar refractivity (Wildman–Crippen MR) is 138 cm³/mol. The van der Waals surface area contributed by atoms with E-state index >= 15 is 0 Å². The molecule has 1 aliphatic rings. The van der Waals surface area contributed by atoms with Crippen LogP contribution in [0.25, 0.3) is 21.9 Å². The van der Waals surface area contributed by atoms with Crippen LogP contribution in [0.3, 0.4) is 0 Å². The summed E-state index contributed by atoms with van der Waals surface area (Å²) in [5.74, 6) is 0.560. The average molecular weight is 504 g/mol. The Morgan fingerprint density at radius 3 is 2.06 bits per heavy atom. The third-order valence-corrected chi connectivity index (χ3v) is 5.72. The first-order valence-electron chi connectivity index (χ1n) is 10.3. The van der Waals surface area contributed by atoms with Crippen LogP contribution in [0.15, 0.2) is 77.4 Å². The topological polar surface area (TPSA) is 0 Å². The normalized spacial score (nSPS) is 14.3. The van der Waals surface area contributed by atoms with E-state index in [1.165, 1.54) is 80.4 Å². The Kier molecular flexibility index (Phi) is 14.0. The Hall–Kier alpha value is -1.37. The van der Waals surface area contributed by atoms with Gasteiger partial charge in [0.25, 0.3) is 0 Å². The van der Waals surface area contributed by atoms with Gasteiger partial charge < -0.3 is 14.9 Å². The molecule has 0 saturated heterocycles. The standard InChI is InChI=1S/C18H17.C9H13.2CH3.Si.Zr/c1-2-5-14-8-10-16(11-9-14)18-13-12-15-6-3-4-7-17(15)18;1-6-5-7(2)9(4)8(6)3;;;;/h3-4,6-13H,2,5H2,1H3;6H,1-4H3;2*1H3;;/q4*-1;;. The number of rotatable bonds is 3. The number of benzene rings is 2. The van der Waals surface area contributed by atoms with Crippen molar-refractivity contribution in [3.8, 4) is 11.1 Å². The molecule has 0 bridgehead atoms. The molecule has 1 unspecified atom stereocenters. The Labute approximate surface area is 208 Å². The van der Waals surface area contributed by atoms with Crippen LogP contribution >= 0.6 is 0 Å². The van der Waals surface area contributed by atoms with Crippen molar-refractivity contribution in [3.63, 3.8) is 0 Å². The van der Waals surface area contributed by atoms with E-state index in [9.17, 15) is 0 Å². The van der Waals surface area contributed by atoms with Gasteiger partial charge in [-0.25, -0.2) is 5.57 Å². The summed E-state index contributed by atoms with van der Waals surface area (Å²) >= 11 is 1.36. The van der Waals surface area contributed by atoms with E-state index in [2.05, 4.69) is 108 Å². The van der Waals surface area contributed by atoms with Crippen LogP contribution in [-0.2, 0) is 29.8 Å². The van der Waals surface area contributed by atoms with Crippen molar-refractivity contribution in [3.05, 3.63) is 104 Å². The van der Waals surface area contributed by atoms with E-state index in [0.717, 1.165) is 0 Å². The number of hydrogen-bond acceptors (Lipinski definition) is 0. The second-order valence-electron chi connectivity index (χ2n) is 7.58. The van der Waals surface area contributed by atoms with Gasteiger partial charge in [0.05, 0.1) is 0 Å². The summed E-state index contributed by atoms with van der Waals surface area (Å²) in [6.07, 6.45) is 5.73. The molecule has 1 atom stereocenters. The first kappa shape index (κ1) is 29.6. The number of hydrogen-bond donors (Lipinski definition) is 0. The molecule has 3 aromatic carbocycles. The maximum atomic E-state index is 3.36. The third kappa shape index (κ3) is 7.62. The minimum absolute atomic E-state index is 0. The van der Waals surface area contributed by atoms with E-state index in [0.29, 0.717) is 5.92 Å². The Morgan fingerprint density at radius 2 is 1.58 bits per heavy atom.